The molecule has 0 amide bonds. The van der Waals surface area contributed by atoms with Gasteiger partial charge in [-0.2, -0.15) is 5.26 Å². The fourth-order valence-electron chi connectivity index (χ4n) is 4.11. The van der Waals surface area contributed by atoms with Crippen LogP contribution in [0.2, 0.25) is 0 Å². The third-order valence-corrected chi connectivity index (χ3v) is 5.49. The molecule has 1 aliphatic carbocycles. The maximum Gasteiger partial charge on any atom is 0.123 e. The molecular weight excluding hydrogens is 325 g/mol. The highest BCUT2D eigenvalue weighted by atomic mass is 19.1. The molecule has 2 atom stereocenters. The second kappa shape index (κ2) is 6.76. The lowest BCUT2D eigenvalue weighted by Crippen LogP contribution is -2.24. The SMILES string of the molecule is Cc1cncn1CC1c2ccc(C#N)cc2CCC1c1ccc(F)cc1. The van der Waals surface area contributed by atoms with Crippen LogP contribution in [0.15, 0.2) is 55.0 Å². The monoisotopic (exact) mass is 345 g/mol. The first-order valence-electron chi connectivity index (χ1n) is 8.91. The number of imidazole rings is 1. The Balaban J connectivity index is 1.77. The van der Waals surface area contributed by atoms with Crippen molar-refractivity contribution in [3.05, 3.63) is 88.8 Å². The Labute approximate surface area is 152 Å². The minimum Gasteiger partial charge on any atom is -0.334 e. The van der Waals surface area contributed by atoms with Crippen molar-refractivity contribution in [2.75, 3.05) is 0 Å². The highest BCUT2D eigenvalue weighted by molar-refractivity contribution is 5.43. The van der Waals surface area contributed by atoms with Gasteiger partial charge in [0.05, 0.1) is 18.0 Å². The van der Waals surface area contributed by atoms with Crippen molar-refractivity contribution in [3.8, 4) is 6.07 Å². The van der Waals surface area contributed by atoms with Crippen molar-refractivity contribution in [2.45, 2.75) is 38.1 Å². The number of benzene rings is 2. The van der Waals surface area contributed by atoms with E-state index in [1.54, 1.807) is 12.1 Å². The molecule has 0 saturated heterocycles. The molecule has 0 aliphatic heterocycles. The Hall–Kier alpha value is -2.93. The third kappa shape index (κ3) is 3.01. The van der Waals surface area contributed by atoms with Crippen LogP contribution in [0.25, 0.3) is 0 Å². The molecule has 0 radical (unpaired) electrons. The molecule has 0 spiro atoms. The van der Waals surface area contributed by atoms with E-state index in [-0.39, 0.29) is 11.7 Å². The summed E-state index contributed by atoms with van der Waals surface area (Å²) in [6.45, 7) is 2.88. The topological polar surface area (TPSA) is 41.6 Å². The fourth-order valence-corrected chi connectivity index (χ4v) is 4.11. The first-order valence-corrected chi connectivity index (χ1v) is 8.91. The summed E-state index contributed by atoms with van der Waals surface area (Å²) in [5.41, 5.74) is 5.55. The highest BCUT2D eigenvalue weighted by Gasteiger charge is 2.31. The Kier molecular flexibility index (Phi) is 4.30. The lowest BCUT2D eigenvalue weighted by Gasteiger charge is -2.35. The first kappa shape index (κ1) is 16.5. The van der Waals surface area contributed by atoms with Crippen molar-refractivity contribution >= 4 is 0 Å². The Bertz CT molecular complexity index is 966. The highest BCUT2D eigenvalue weighted by Crippen LogP contribution is 2.43. The summed E-state index contributed by atoms with van der Waals surface area (Å²) < 4.78 is 15.6. The summed E-state index contributed by atoms with van der Waals surface area (Å²) in [6.07, 6.45) is 5.67. The van der Waals surface area contributed by atoms with Crippen molar-refractivity contribution in [2.24, 2.45) is 0 Å². The Morgan fingerprint density at radius 1 is 1.23 bits per heavy atom. The van der Waals surface area contributed by atoms with Crippen molar-refractivity contribution in [3.63, 3.8) is 0 Å². The molecule has 3 aromatic rings. The zero-order valence-electron chi connectivity index (χ0n) is 14.7. The van der Waals surface area contributed by atoms with Crippen molar-refractivity contribution < 1.29 is 4.39 Å². The maximum atomic E-state index is 13.4. The molecule has 1 aliphatic rings. The number of fused-ring (bicyclic) bond motifs is 1. The van der Waals surface area contributed by atoms with E-state index in [0.717, 1.165) is 25.1 Å². The third-order valence-electron chi connectivity index (χ3n) is 5.49. The van der Waals surface area contributed by atoms with E-state index in [1.807, 2.05) is 36.8 Å². The van der Waals surface area contributed by atoms with Crippen LogP contribution in [0.4, 0.5) is 4.39 Å². The van der Waals surface area contributed by atoms with Crippen LogP contribution < -0.4 is 0 Å². The van der Waals surface area contributed by atoms with E-state index in [2.05, 4.69) is 28.6 Å². The van der Waals surface area contributed by atoms with Gasteiger partial charge in [-0.1, -0.05) is 18.2 Å². The molecule has 1 aromatic heterocycles. The number of hydrogen-bond donors (Lipinski definition) is 0. The number of nitrogens with zero attached hydrogens (tertiary/aromatic N) is 3. The van der Waals surface area contributed by atoms with E-state index < -0.39 is 0 Å². The zero-order chi connectivity index (χ0) is 18.1. The first-order chi connectivity index (χ1) is 12.7. The molecule has 4 heteroatoms. The minimum absolute atomic E-state index is 0.203. The molecule has 3 nitrogen and oxygen atoms in total. The van der Waals surface area contributed by atoms with Gasteiger partial charge in [-0.3, -0.25) is 0 Å². The van der Waals surface area contributed by atoms with E-state index in [1.165, 1.54) is 16.7 Å². The second-order valence-electron chi connectivity index (χ2n) is 7.02. The van der Waals surface area contributed by atoms with Crippen LogP contribution in [0, 0.1) is 24.1 Å². The van der Waals surface area contributed by atoms with Crippen molar-refractivity contribution in [1.82, 2.24) is 9.55 Å². The molecule has 4 rings (SSSR count). The van der Waals surface area contributed by atoms with Gasteiger partial charge in [0.15, 0.2) is 0 Å². The largest absolute Gasteiger partial charge is 0.334 e. The summed E-state index contributed by atoms with van der Waals surface area (Å²) >= 11 is 0. The average Bonchev–Trinajstić information content (AvgIpc) is 3.07. The number of aromatic nitrogens is 2. The van der Waals surface area contributed by atoms with Gasteiger partial charge >= 0.3 is 0 Å². The molecular formula is C22H20FN3. The van der Waals surface area contributed by atoms with Gasteiger partial charge in [-0.15, -0.1) is 0 Å². The average molecular weight is 345 g/mol. The number of nitriles is 1. The predicted octanol–water partition coefficient (Wildman–Crippen LogP) is 4.72. The standard InChI is InChI=1S/C22H20FN3/c1-15-12-25-14-26(15)13-22-20(17-3-6-19(23)7-4-17)9-5-18-10-16(11-24)2-8-21(18)22/h2-4,6-8,10,12,14,20,22H,5,9,13H2,1H3. The smallest absolute Gasteiger partial charge is 0.123 e. The quantitative estimate of drug-likeness (QED) is 0.689. The van der Waals surface area contributed by atoms with Gasteiger partial charge in [0.2, 0.25) is 0 Å². The zero-order valence-corrected chi connectivity index (χ0v) is 14.7. The molecule has 1 heterocycles. The Morgan fingerprint density at radius 2 is 2.04 bits per heavy atom. The maximum absolute atomic E-state index is 13.4. The molecule has 2 unspecified atom stereocenters. The number of hydrogen-bond acceptors (Lipinski definition) is 2. The lowest BCUT2D eigenvalue weighted by molar-refractivity contribution is 0.419. The van der Waals surface area contributed by atoms with Crippen LogP contribution in [-0.4, -0.2) is 9.55 Å². The molecule has 130 valence electrons. The summed E-state index contributed by atoms with van der Waals surface area (Å²) in [5.74, 6) is 0.383. The number of halogens is 1. The number of rotatable bonds is 3. The van der Waals surface area contributed by atoms with Crippen LogP contribution in [-0.2, 0) is 13.0 Å². The van der Waals surface area contributed by atoms with Crippen molar-refractivity contribution in [1.29, 1.82) is 5.26 Å². The minimum atomic E-state index is -0.203. The van der Waals surface area contributed by atoms with Gasteiger partial charge < -0.3 is 4.57 Å². The summed E-state index contributed by atoms with van der Waals surface area (Å²) in [4.78, 5) is 4.25. The molecule has 26 heavy (non-hydrogen) atoms. The summed E-state index contributed by atoms with van der Waals surface area (Å²) in [5, 5.41) is 9.21. The van der Waals surface area contributed by atoms with Gasteiger partial charge in [0, 0.05) is 24.4 Å². The normalized spacial score (nSPS) is 19.0. The lowest BCUT2D eigenvalue weighted by atomic mass is 9.71. The van der Waals surface area contributed by atoms with Crippen LogP contribution >= 0.6 is 0 Å². The molecule has 0 N–H and O–H groups in total. The van der Waals surface area contributed by atoms with Crippen LogP contribution in [0.3, 0.4) is 0 Å². The van der Waals surface area contributed by atoms with E-state index in [4.69, 9.17) is 0 Å². The van der Waals surface area contributed by atoms with Gasteiger partial charge in [0.25, 0.3) is 0 Å². The van der Waals surface area contributed by atoms with E-state index in [9.17, 15) is 9.65 Å². The molecule has 0 saturated carbocycles. The molecule has 0 fully saturated rings. The van der Waals surface area contributed by atoms with Crippen LogP contribution in [0.5, 0.6) is 0 Å². The van der Waals surface area contributed by atoms with Crippen LogP contribution in [0.1, 0.15) is 46.2 Å². The van der Waals surface area contributed by atoms with E-state index in [0.29, 0.717) is 11.5 Å². The Morgan fingerprint density at radius 3 is 2.73 bits per heavy atom. The van der Waals surface area contributed by atoms with Gasteiger partial charge in [0.1, 0.15) is 5.82 Å². The number of aryl methyl sites for hydroxylation is 2. The predicted molar refractivity (Wildman–Crippen MR) is 98.3 cm³/mol. The summed E-state index contributed by atoms with van der Waals surface area (Å²) in [6, 6.07) is 15.2. The van der Waals surface area contributed by atoms with E-state index >= 15 is 0 Å². The second-order valence-corrected chi connectivity index (χ2v) is 7.02. The van der Waals surface area contributed by atoms with Gasteiger partial charge in [-0.25, -0.2) is 9.37 Å². The molecule has 2 aromatic carbocycles. The van der Waals surface area contributed by atoms with Gasteiger partial charge in [-0.05, 0) is 66.6 Å². The fraction of sp³-hybridized carbons (Fsp3) is 0.273. The molecule has 0 bridgehead atoms. The summed E-state index contributed by atoms with van der Waals surface area (Å²) in [7, 11) is 0.